The van der Waals surface area contributed by atoms with E-state index in [1.807, 2.05) is 0 Å². The second kappa shape index (κ2) is 4.56. The highest BCUT2D eigenvalue weighted by Crippen LogP contribution is 2.29. The number of carbonyl (C=O) groups is 3. The van der Waals surface area contributed by atoms with Crippen LogP contribution in [0.1, 0.15) is 13.3 Å². The molecule has 0 aliphatic carbocycles. The molecule has 7 nitrogen and oxygen atoms in total. The summed E-state index contributed by atoms with van der Waals surface area (Å²) in [6.45, 7) is 3.13. The zero-order valence-electron chi connectivity index (χ0n) is 10.2. The summed E-state index contributed by atoms with van der Waals surface area (Å²) in [4.78, 5) is 36.9. The number of likely N-dealkylation sites (tertiary alicyclic amines) is 1. The fourth-order valence-electron chi connectivity index (χ4n) is 2.26. The van der Waals surface area contributed by atoms with Crippen molar-refractivity contribution < 1.29 is 24.2 Å². The van der Waals surface area contributed by atoms with Crippen molar-refractivity contribution in [2.75, 3.05) is 32.8 Å². The number of nitrogens with zero attached hydrogens (tertiary/aromatic N) is 2. The molecule has 0 aromatic carbocycles. The highest BCUT2D eigenvalue weighted by molar-refractivity contribution is 5.94. The minimum atomic E-state index is -0.849. The molecule has 0 bridgehead atoms. The van der Waals surface area contributed by atoms with Gasteiger partial charge in [0, 0.05) is 6.54 Å². The first-order valence-corrected chi connectivity index (χ1v) is 5.85. The van der Waals surface area contributed by atoms with E-state index in [-0.39, 0.29) is 25.6 Å². The van der Waals surface area contributed by atoms with Gasteiger partial charge in [0.15, 0.2) is 0 Å². The zero-order chi connectivity index (χ0) is 13.3. The molecule has 2 fully saturated rings. The Morgan fingerprint density at radius 3 is 2.67 bits per heavy atom. The lowest BCUT2D eigenvalue weighted by Crippen LogP contribution is -2.41. The van der Waals surface area contributed by atoms with Gasteiger partial charge in [0.05, 0.1) is 18.5 Å². The second-order valence-electron chi connectivity index (χ2n) is 4.99. The van der Waals surface area contributed by atoms with Crippen molar-refractivity contribution in [2.45, 2.75) is 13.3 Å². The van der Waals surface area contributed by atoms with Gasteiger partial charge in [-0.05, 0) is 19.9 Å². The van der Waals surface area contributed by atoms with E-state index in [2.05, 4.69) is 4.74 Å². The first-order chi connectivity index (χ1) is 8.42. The molecular weight excluding hydrogens is 240 g/mol. The van der Waals surface area contributed by atoms with Crippen molar-refractivity contribution in [3.8, 4) is 0 Å². The van der Waals surface area contributed by atoms with Gasteiger partial charge in [-0.25, -0.2) is 9.69 Å². The van der Waals surface area contributed by atoms with Crippen molar-refractivity contribution in [1.29, 1.82) is 0 Å². The van der Waals surface area contributed by atoms with Gasteiger partial charge in [0.1, 0.15) is 6.61 Å². The minimum absolute atomic E-state index is 0.0674. The predicted octanol–water partition coefficient (Wildman–Crippen LogP) is -0.238. The Kier molecular flexibility index (Phi) is 3.25. The van der Waals surface area contributed by atoms with E-state index in [0.717, 1.165) is 4.90 Å². The predicted molar refractivity (Wildman–Crippen MR) is 59.9 cm³/mol. The Morgan fingerprint density at radius 2 is 2.17 bits per heavy atom. The molecular formula is C11H16N2O5. The van der Waals surface area contributed by atoms with Gasteiger partial charge in [-0.15, -0.1) is 0 Å². The van der Waals surface area contributed by atoms with Crippen LogP contribution in [-0.4, -0.2) is 65.7 Å². The Labute approximate surface area is 104 Å². The van der Waals surface area contributed by atoms with Crippen LogP contribution in [0.4, 0.5) is 4.79 Å². The Bertz CT molecular complexity index is 397. The van der Waals surface area contributed by atoms with E-state index in [0.29, 0.717) is 19.5 Å². The number of rotatable bonds is 3. The molecule has 2 saturated heterocycles. The molecule has 7 heteroatoms. The van der Waals surface area contributed by atoms with Crippen LogP contribution in [0.3, 0.4) is 0 Å². The van der Waals surface area contributed by atoms with Crippen molar-refractivity contribution in [3.05, 3.63) is 0 Å². The van der Waals surface area contributed by atoms with Crippen molar-refractivity contribution in [2.24, 2.45) is 5.41 Å². The van der Waals surface area contributed by atoms with E-state index < -0.39 is 17.5 Å². The summed E-state index contributed by atoms with van der Waals surface area (Å²) in [5.41, 5.74) is -0.800. The molecule has 2 heterocycles. The summed E-state index contributed by atoms with van der Waals surface area (Å²) in [6, 6.07) is 0. The molecule has 1 atom stereocenters. The Hall–Kier alpha value is -1.63. The molecule has 0 radical (unpaired) electrons. The summed E-state index contributed by atoms with van der Waals surface area (Å²) >= 11 is 0. The van der Waals surface area contributed by atoms with Crippen LogP contribution in [0.25, 0.3) is 0 Å². The summed E-state index contributed by atoms with van der Waals surface area (Å²) in [5.74, 6) is -1.18. The number of ether oxygens (including phenoxy) is 1. The van der Waals surface area contributed by atoms with Gasteiger partial charge in [-0.3, -0.25) is 14.5 Å². The van der Waals surface area contributed by atoms with Crippen LogP contribution in [0, 0.1) is 5.41 Å². The van der Waals surface area contributed by atoms with Gasteiger partial charge >= 0.3 is 12.1 Å². The molecule has 100 valence electrons. The molecule has 2 aliphatic heterocycles. The largest absolute Gasteiger partial charge is 0.481 e. The SMILES string of the molecule is CC1(C(=O)O)CCN(CC(=O)N2CCOC2=O)C1. The quantitative estimate of drug-likeness (QED) is 0.750. The number of cyclic esters (lactones) is 1. The molecule has 1 N–H and O–H groups in total. The maximum absolute atomic E-state index is 11.8. The maximum atomic E-state index is 11.8. The molecule has 2 amide bonds. The van der Waals surface area contributed by atoms with E-state index in [1.165, 1.54) is 0 Å². The van der Waals surface area contributed by atoms with Crippen LogP contribution in [0.15, 0.2) is 0 Å². The number of carbonyl (C=O) groups excluding carboxylic acids is 2. The second-order valence-corrected chi connectivity index (χ2v) is 4.99. The van der Waals surface area contributed by atoms with Crippen LogP contribution >= 0.6 is 0 Å². The third kappa shape index (κ3) is 2.31. The maximum Gasteiger partial charge on any atom is 0.416 e. The lowest BCUT2D eigenvalue weighted by atomic mass is 9.90. The number of imide groups is 1. The van der Waals surface area contributed by atoms with Gasteiger partial charge in [-0.1, -0.05) is 0 Å². The zero-order valence-corrected chi connectivity index (χ0v) is 10.2. The molecule has 2 rings (SSSR count). The number of hydrogen-bond donors (Lipinski definition) is 1. The average molecular weight is 256 g/mol. The lowest BCUT2D eigenvalue weighted by molar-refractivity contribution is -0.147. The third-order valence-corrected chi connectivity index (χ3v) is 3.49. The number of hydrogen-bond acceptors (Lipinski definition) is 5. The number of amides is 2. The normalized spacial score (nSPS) is 28.5. The number of carboxylic acid groups (broad SMARTS) is 1. The molecule has 0 aromatic rings. The standard InChI is InChI=1S/C11H16N2O5/c1-11(9(15)16)2-3-12(7-11)6-8(14)13-4-5-18-10(13)17/h2-7H2,1H3,(H,15,16). The van der Waals surface area contributed by atoms with Gasteiger partial charge < -0.3 is 9.84 Å². The van der Waals surface area contributed by atoms with E-state index in [4.69, 9.17) is 5.11 Å². The minimum Gasteiger partial charge on any atom is -0.481 e. The first kappa shape index (κ1) is 12.8. The van der Waals surface area contributed by atoms with E-state index in [9.17, 15) is 14.4 Å². The van der Waals surface area contributed by atoms with Crippen molar-refractivity contribution >= 4 is 18.0 Å². The van der Waals surface area contributed by atoms with Crippen LogP contribution in [0.5, 0.6) is 0 Å². The molecule has 18 heavy (non-hydrogen) atoms. The Balaban J connectivity index is 1.90. The summed E-state index contributed by atoms with van der Waals surface area (Å²) in [7, 11) is 0. The summed E-state index contributed by atoms with van der Waals surface area (Å²) in [5, 5.41) is 9.08. The molecule has 0 saturated carbocycles. The number of carboxylic acids is 1. The molecule has 2 aliphatic rings. The molecule has 1 unspecified atom stereocenters. The van der Waals surface area contributed by atoms with E-state index in [1.54, 1.807) is 11.8 Å². The first-order valence-electron chi connectivity index (χ1n) is 5.85. The third-order valence-electron chi connectivity index (χ3n) is 3.49. The average Bonchev–Trinajstić information content (AvgIpc) is 2.86. The van der Waals surface area contributed by atoms with Gasteiger partial charge in [-0.2, -0.15) is 0 Å². The molecule has 0 aromatic heterocycles. The fraction of sp³-hybridized carbons (Fsp3) is 0.727. The smallest absolute Gasteiger partial charge is 0.416 e. The van der Waals surface area contributed by atoms with Crippen LogP contribution in [0.2, 0.25) is 0 Å². The summed E-state index contributed by atoms with van der Waals surface area (Å²) < 4.78 is 4.68. The molecule has 0 spiro atoms. The van der Waals surface area contributed by atoms with Crippen LogP contribution < -0.4 is 0 Å². The van der Waals surface area contributed by atoms with Gasteiger partial charge in [0.25, 0.3) is 0 Å². The fourth-order valence-corrected chi connectivity index (χ4v) is 2.26. The van der Waals surface area contributed by atoms with Crippen LogP contribution in [-0.2, 0) is 14.3 Å². The monoisotopic (exact) mass is 256 g/mol. The number of aliphatic carboxylic acids is 1. The highest BCUT2D eigenvalue weighted by atomic mass is 16.6. The van der Waals surface area contributed by atoms with Crippen molar-refractivity contribution in [1.82, 2.24) is 9.80 Å². The van der Waals surface area contributed by atoms with Gasteiger partial charge in [0.2, 0.25) is 5.91 Å². The Morgan fingerprint density at radius 1 is 1.44 bits per heavy atom. The van der Waals surface area contributed by atoms with Crippen molar-refractivity contribution in [3.63, 3.8) is 0 Å². The summed E-state index contributed by atoms with van der Waals surface area (Å²) in [6.07, 6.45) is -0.0970. The topological polar surface area (TPSA) is 87.2 Å². The lowest BCUT2D eigenvalue weighted by Gasteiger charge is -2.20. The van der Waals surface area contributed by atoms with E-state index >= 15 is 0 Å². The highest BCUT2D eigenvalue weighted by Gasteiger charge is 2.41.